The molecule has 0 fully saturated rings. The maximum absolute atomic E-state index is 13.4. The average molecular weight is 422 g/mol. The molecule has 0 aliphatic carbocycles. The van der Waals surface area contributed by atoms with E-state index in [0.717, 1.165) is 4.88 Å². The summed E-state index contributed by atoms with van der Waals surface area (Å²) in [5.74, 6) is 1.15. The van der Waals surface area contributed by atoms with E-state index >= 15 is 0 Å². The highest BCUT2D eigenvalue weighted by atomic mass is 35.5. The van der Waals surface area contributed by atoms with Crippen LogP contribution in [0.2, 0.25) is 5.02 Å². The third-order valence-corrected chi connectivity index (χ3v) is 6.94. The van der Waals surface area contributed by atoms with E-state index in [1.165, 1.54) is 21.7 Å². The molecule has 2 heterocycles. The molecular weight excluding hydrogens is 406 g/mol. The predicted molar refractivity (Wildman–Crippen MR) is 107 cm³/mol. The van der Waals surface area contributed by atoms with Crippen molar-refractivity contribution in [1.29, 1.82) is 0 Å². The molecule has 0 bridgehead atoms. The summed E-state index contributed by atoms with van der Waals surface area (Å²) < 4.78 is 39.3. The van der Waals surface area contributed by atoms with Gasteiger partial charge in [-0.1, -0.05) is 23.7 Å². The molecule has 0 saturated carbocycles. The van der Waals surface area contributed by atoms with E-state index in [9.17, 15) is 8.42 Å². The van der Waals surface area contributed by atoms with Gasteiger partial charge in [0, 0.05) is 16.0 Å². The van der Waals surface area contributed by atoms with Gasteiger partial charge in [-0.2, -0.15) is 0 Å². The average Bonchev–Trinajstić information content (AvgIpc) is 3.19. The first-order chi connectivity index (χ1) is 13.0. The summed E-state index contributed by atoms with van der Waals surface area (Å²) in [6.45, 7) is 1.13. The predicted octanol–water partition coefficient (Wildman–Crippen LogP) is 4.57. The highest BCUT2D eigenvalue weighted by molar-refractivity contribution is 7.92. The molecule has 0 atom stereocenters. The summed E-state index contributed by atoms with van der Waals surface area (Å²) in [4.78, 5) is 1.07. The number of nitrogens with zero attached hydrogens (tertiary/aromatic N) is 1. The molecule has 27 heavy (non-hydrogen) atoms. The summed E-state index contributed by atoms with van der Waals surface area (Å²) in [7, 11) is -3.82. The normalized spacial score (nSPS) is 13.4. The van der Waals surface area contributed by atoms with Gasteiger partial charge in [0.25, 0.3) is 10.0 Å². The fourth-order valence-corrected chi connectivity index (χ4v) is 5.31. The first-order valence-electron chi connectivity index (χ1n) is 8.24. The zero-order chi connectivity index (χ0) is 18.9. The van der Waals surface area contributed by atoms with Crippen LogP contribution in [0.1, 0.15) is 4.88 Å². The van der Waals surface area contributed by atoms with Gasteiger partial charge in [-0.05, 0) is 41.8 Å². The van der Waals surface area contributed by atoms with Gasteiger partial charge in [-0.3, -0.25) is 4.31 Å². The molecule has 2 aromatic carbocycles. The molecule has 0 radical (unpaired) electrons. The van der Waals surface area contributed by atoms with Gasteiger partial charge >= 0.3 is 0 Å². The molecule has 140 valence electrons. The zero-order valence-corrected chi connectivity index (χ0v) is 16.6. The lowest BCUT2D eigenvalue weighted by molar-refractivity contribution is 0.171. The summed E-state index contributed by atoms with van der Waals surface area (Å²) in [5, 5.41) is 2.29. The number of hydrogen-bond donors (Lipinski definition) is 0. The van der Waals surface area contributed by atoms with E-state index < -0.39 is 10.0 Å². The fraction of sp³-hybridized carbons (Fsp3) is 0.158. The minimum Gasteiger partial charge on any atom is -0.486 e. The lowest BCUT2D eigenvalue weighted by atomic mass is 10.2. The Morgan fingerprint density at radius 3 is 2.56 bits per heavy atom. The van der Waals surface area contributed by atoms with Crippen molar-refractivity contribution in [3.05, 3.63) is 69.9 Å². The molecular formula is C19H16ClNO4S2. The Kier molecular flexibility index (Phi) is 4.99. The van der Waals surface area contributed by atoms with E-state index in [4.69, 9.17) is 21.1 Å². The number of fused-ring (bicyclic) bond motifs is 1. The molecule has 1 aliphatic heterocycles. The second-order valence-electron chi connectivity index (χ2n) is 5.88. The number of ether oxygens (including phenoxy) is 2. The smallest absolute Gasteiger partial charge is 0.264 e. The summed E-state index contributed by atoms with van der Waals surface area (Å²) in [6.07, 6.45) is 0. The molecule has 4 rings (SSSR count). The summed E-state index contributed by atoms with van der Waals surface area (Å²) >= 11 is 7.52. The fourth-order valence-electron chi connectivity index (χ4n) is 2.80. The van der Waals surface area contributed by atoms with Gasteiger partial charge in [0.05, 0.1) is 17.1 Å². The van der Waals surface area contributed by atoms with Crippen molar-refractivity contribution in [2.45, 2.75) is 11.4 Å². The molecule has 8 heteroatoms. The van der Waals surface area contributed by atoms with Crippen LogP contribution in [-0.4, -0.2) is 21.6 Å². The number of sulfonamides is 1. The second-order valence-corrected chi connectivity index (χ2v) is 9.21. The van der Waals surface area contributed by atoms with Crippen LogP contribution >= 0.6 is 22.9 Å². The number of benzene rings is 2. The van der Waals surface area contributed by atoms with Crippen LogP contribution in [0.15, 0.2) is 64.9 Å². The SMILES string of the molecule is O=S(=O)(c1cccc(Cl)c1)N(Cc1cccs1)c1ccc2c(c1)OCCO2. The third-order valence-electron chi connectivity index (χ3n) is 4.08. The Hall–Kier alpha value is -2.22. The largest absolute Gasteiger partial charge is 0.486 e. The van der Waals surface area contributed by atoms with Gasteiger partial charge in [-0.15, -0.1) is 11.3 Å². The number of anilines is 1. The Bertz CT molecular complexity index is 1050. The van der Waals surface area contributed by atoms with Crippen LogP contribution in [0, 0.1) is 0 Å². The molecule has 0 unspecified atom stereocenters. The van der Waals surface area contributed by atoms with Crippen LogP contribution in [0.5, 0.6) is 11.5 Å². The standard InChI is InChI=1S/C19H16ClNO4S2/c20-14-3-1-5-17(11-14)27(22,23)21(13-16-4-2-10-26-16)15-6-7-18-19(12-15)25-9-8-24-18/h1-7,10-12H,8-9,13H2. The van der Waals surface area contributed by atoms with E-state index in [1.807, 2.05) is 17.5 Å². The van der Waals surface area contributed by atoms with Crippen molar-refractivity contribution < 1.29 is 17.9 Å². The Morgan fingerprint density at radius 1 is 1.00 bits per heavy atom. The first-order valence-corrected chi connectivity index (χ1v) is 10.9. The highest BCUT2D eigenvalue weighted by Gasteiger charge is 2.27. The molecule has 1 aromatic heterocycles. The maximum Gasteiger partial charge on any atom is 0.264 e. The van der Waals surface area contributed by atoms with Crippen molar-refractivity contribution in [1.82, 2.24) is 0 Å². The topological polar surface area (TPSA) is 55.8 Å². The Balaban J connectivity index is 1.79. The van der Waals surface area contributed by atoms with Gasteiger partial charge in [0.1, 0.15) is 13.2 Å². The Morgan fingerprint density at radius 2 is 1.81 bits per heavy atom. The Labute approximate surface area is 166 Å². The van der Waals surface area contributed by atoms with Gasteiger partial charge in [-0.25, -0.2) is 8.42 Å². The van der Waals surface area contributed by atoms with Crippen molar-refractivity contribution in [3.8, 4) is 11.5 Å². The van der Waals surface area contributed by atoms with E-state index in [2.05, 4.69) is 0 Å². The van der Waals surface area contributed by atoms with Crippen molar-refractivity contribution in [3.63, 3.8) is 0 Å². The minimum absolute atomic E-state index is 0.140. The van der Waals surface area contributed by atoms with Gasteiger partial charge < -0.3 is 9.47 Å². The molecule has 0 saturated heterocycles. The van der Waals surface area contributed by atoms with Crippen LogP contribution in [0.3, 0.4) is 0 Å². The van der Waals surface area contributed by atoms with Gasteiger partial charge in [0.15, 0.2) is 11.5 Å². The van der Waals surface area contributed by atoms with Crippen LogP contribution in [0.4, 0.5) is 5.69 Å². The van der Waals surface area contributed by atoms with E-state index in [-0.39, 0.29) is 11.4 Å². The minimum atomic E-state index is -3.82. The number of halogens is 1. The molecule has 3 aromatic rings. The molecule has 0 N–H and O–H groups in total. The van der Waals surface area contributed by atoms with Crippen LogP contribution < -0.4 is 13.8 Å². The lowest BCUT2D eigenvalue weighted by Crippen LogP contribution is -2.30. The van der Waals surface area contributed by atoms with Crippen LogP contribution in [-0.2, 0) is 16.6 Å². The van der Waals surface area contributed by atoms with Gasteiger partial charge in [0.2, 0.25) is 0 Å². The van der Waals surface area contributed by atoms with Crippen molar-refractivity contribution >= 4 is 38.6 Å². The quantitative estimate of drug-likeness (QED) is 0.605. The monoisotopic (exact) mass is 421 g/mol. The van der Waals surface area contributed by atoms with E-state index in [0.29, 0.717) is 35.4 Å². The van der Waals surface area contributed by atoms with Crippen molar-refractivity contribution in [2.75, 3.05) is 17.5 Å². The summed E-state index contributed by atoms with van der Waals surface area (Å²) in [6, 6.07) is 15.2. The third kappa shape index (κ3) is 3.76. The van der Waals surface area contributed by atoms with Crippen molar-refractivity contribution in [2.24, 2.45) is 0 Å². The molecule has 0 amide bonds. The number of rotatable bonds is 5. The number of thiophene rings is 1. The zero-order valence-electron chi connectivity index (χ0n) is 14.2. The molecule has 1 aliphatic rings. The van der Waals surface area contributed by atoms with E-state index in [1.54, 1.807) is 36.4 Å². The van der Waals surface area contributed by atoms with Crippen LogP contribution in [0.25, 0.3) is 0 Å². The second kappa shape index (κ2) is 7.42. The maximum atomic E-state index is 13.4. The molecule has 0 spiro atoms. The highest BCUT2D eigenvalue weighted by Crippen LogP contribution is 2.36. The summed E-state index contributed by atoms with van der Waals surface area (Å²) in [5.41, 5.74) is 0.507. The first kappa shape index (κ1) is 18.2. The molecule has 5 nitrogen and oxygen atoms in total. The lowest BCUT2D eigenvalue weighted by Gasteiger charge is -2.26. The number of hydrogen-bond acceptors (Lipinski definition) is 5.